The Morgan fingerprint density at radius 3 is 1.59 bits per heavy atom. The second-order valence-electron chi connectivity index (χ2n) is 5.60. The molecular weight excluding hydrogens is 390 g/mol. The third-order valence-electron chi connectivity index (χ3n) is 4.35. The van der Waals surface area contributed by atoms with Gasteiger partial charge in [0.25, 0.3) is 0 Å². The van der Waals surface area contributed by atoms with E-state index in [0.717, 1.165) is 3.27 Å². The van der Waals surface area contributed by atoms with Crippen LogP contribution in [0.2, 0.25) is 0 Å². The summed E-state index contributed by atoms with van der Waals surface area (Å²) >= 11 is -3.58. The molecule has 1 aliphatic rings. The molecule has 3 aromatic rings. The van der Waals surface area contributed by atoms with E-state index in [0.29, 0.717) is 0 Å². The maximum absolute atomic E-state index is 7.10. The average molecular weight is 404 g/mol. The molecule has 0 heterocycles. The van der Waals surface area contributed by atoms with Crippen LogP contribution >= 0.6 is 17.0 Å². The summed E-state index contributed by atoms with van der Waals surface area (Å²) < 4.78 is 1.28. The second kappa shape index (κ2) is 5.64. The van der Waals surface area contributed by atoms with Gasteiger partial charge >= 0.3 is 143 Å². The van der Waals surface area contributed by atoms with Crippen LogP contribution in [0.25, 0.3) is 11.1 Å². The fraction of sp³-hybridized carbons (Fsp3) is 0.0526. The molecule has 0 aromatic heterocycles. The predicted octanol–water partition coefficient (Wildman–Crippen LogP) is 5.54. The molecule has 0 bridgehead atoms. The molecule has 1 aliphatic carbocycles. The van der Waals surface area contributed by atoms with E-state index in [1.165, 1.54) is 22.3 Å². The summed E-state index contributed by atoms with van der Waals surface area (Å²) in [6, 6.07) is 27.3. The molecule has 3 heteroatoms. The van der Waals surface area contributed by atoms with Crippen LogP contribution in [0.5, 0.6) is 0 Å². The van der Waals surface area contributed by atoms with Gasteiger partial charge in [-0.2, -0.15) is 0 Å². The molecule has 0 N–H and O–H groups in total. The van der Waals surface area contributed by atoms with Gasteiger partial charge in [-0.1, -0.05) is 0 Å². The fourth-order valence-corrected chi connectivity index (χ4v) is 13.2. The Bertz CT molecular complexity index is 782. The molecule has 0 atom stereocenters. The molecule has 0 nitrogen and oxygen atoms in total. The Morgan fingerprint density at radius 1 is 0.591 bits per heavy atom. The van der Waals surface area contributed by atoms with E-state index >= 15 is 0 Å². The van der Waals surface area contributed by atoms with Crippen molar-refractivity contribution in [2.45, 2.75) is 3.63 Å². The summed E-state index contributed by atoms with van der Waals surface area (Å²) in [6.07, 6.45) is 0. The number of hydrogen-bond donors (Lipinski definition) is 0. The SMILES string of the molecule is [Cl][Zr]([Cl])([c]1ccccc1)[CH]1c2ccccc2-c2ccccc21. The summed E-state index contributed by atoms with van der Waals surface area (Å²) in [7, 11) is 14.2. The van der Waals surface area contributed by atoms with Crippen LogP contribution in [0.15, 0.2) is 78.9 Å². The zero-order chi connectivity index (χ0) is 15.2. The van der Waals surface area contributed by atoms with E-state index in [4.69, 9.17) is 17.0 Å². The molecule has 108 valence electrons. The molecule has 0 radical (unpaired) electrons. The number of hydrogen-bond acceptors (Lipinski definition) is 0. The maximum atomic E-state index is 7.10. The summed E-state index contributed by atoms with van der Waals surface area (Å²) in [5.74, 6) is 0. The third-order valence-corrected chi connectivity index (χ3v) is 15.5. The average Bonchev–Trinajstić information content (AvgIpc) is 2.91. The van der Waals surface area contributed by atoms with Gasteiger partial charge in [0.05, 0.1) is 0 Å². The monoisotopic (exact) mass is 402 g/mol. The Kier molecular flexibility index (Phi) is 3.77. The van der Waals surface area contributed by atoms with Crippen LogP contribution in [0.3, 0.4) is 0 Å². The minimum atomic E-state index is -3.58. The minimum absolute atomic E-state index is 0.146. The van der Waals surface area contributed by atoms with E-state index < -0.39 is 17.9 Å². The Hall–Kier alpha value is -0.877. The van der Waals surface area contributed by atoms with Crippen molar-refractivity contribution in [2.24, 2.45) is 0 Å². The fourth-order valence-electron chi connectivity index (χ4n) is 3.37. The van der Waals surface area contributed by atoms with E-state index in [2.05, 4.69) is 60.7 Å². The van der Waals surface area contributed by atoms with E-state index in [1.807, 2.05) is 18.2 Å². The molecule has 0 aliphatic heterocycles. The van der Waals surface area contributed by atoms with Crippen molar-refractivity contribution in [3.63, 3.8) is 0 Å². The zero-order valence-electron chi connectivity index (χ0n) is 11.8. The first-order chi connectivity index (χ1) is 10.7. The van der Waals surface area contributed by atoms with Crippen LogP contribution in [-0.2, 0) is 17.9 Å². The van der Waals surface area contributed by atoms with Crippen LogP contribution in [0.4, 0.5) is 0 Å². The van der Waals surface area contributed by atoms with Gasteiger partial charge in [-0.3, -0.25) is 0 Å². The quantitative estimate of drug-likeness (QED) is 0.526. The zero-order valence-corrected chi connectivity index (χ0v) is 15.8. The van der Waals surface area contributed by atoms with Crippen molar-refractivity contribution in [1.82, 2.24) is 0 Å². The Balaban J connectivity index is 1.96. The summed E-state index contributed by atoms with van der Waals surface area (Å²) in [6.45, 7) is 0. The van der Waals surface area contributed by atoms with E-state index in [-0.39, 0.29) is 3.63 Å². The third kappa shape index (κ3) is 2.23. The van der Waals surface area contributed by atoms with Crippen molar-refractivity contribution in [3.05, 3.63) is 90.0 Å². The van der Waals surface area contributed by atoms with Crippen LogP contribution in [0, 0.1) is 0 Å². The van der Waals surface area contributed by atoms with Gasteiger partial charge in [0.2, 0.25) is 0 Å². The number of benzene rings is 3. The molecule has 0 spiro atoms. The van der Waals surface area contributed by atoms with Crippen LogP contribution in [0.1, 0.15) is 14.8 Å². The van der Waals surface area contributed by atoms with Crippen molar-refractivity contribution in [1.29, 1.82) is 0 Å². The Labute approximate surface area is 142 Å². The topological polar surface area (TPSA) is 0 Å². The summed E-state index contributed by atoms with van der Waals surface area (Å²) in [5, 5.41) is 0. The van der Waals surface area contributed by atoms with Gasteiger partial charge in [-0.25, -0.2) is 0 Å². The number of fused-ring (bicyclic) bond motifs is 3. The molecular formula is C19H14Cl2Zr. The van der Waals surface area contributed by atoms with Gasteiger partial charge in [0.15, 0.2) is 0 Å². The first-order valence-corrected chi connectivity index (χ1v) is 16.3. The van der Waals surface area contributed by atoms with E-state index in [1.54, 1.807) is 0 Å². The van der Waals surface area contributed by atoms with Crippen LogP contribution in [-0.4, -0.2) is 0 Å². The molecule has 0 amide bonds. The molecule has 3 aromatic carbocycles. The number of rotatable bonds is 2. The molecule has 22 heavy (non-hydrogen) atoms. The second-order valence-corrected chi connectivity index (χ2v) is 19.7. The molecule has 0 fully saturated rings. The molecule has 0 unspecified atom stereocenters. The normalized spacial score (nSPS) is 13.7. The van der Waals surface area contributed by atoms with Crippen LogP contribution < -0.4 is 3.27 Å². The Morgan fingerprint density at radius 2 is 1.05 bits per heavy atom. The summed E-state index contributed by atoms with van der Waals surface area (Å²) in [5.41, 5.74) is 5.13. The standard InChI is InChI=1S/C13H9.C6H5.2ClH.Zr/c1-3-7-12-10(5-1)9-11-6-2-4-8-13(11)12;1-2-4-6-5-3-1;;;/h1-9H;1-5H;2*1H;/q;;;;+2/p-2. The van der Waals surface area contributed by atoms with Crippen molar-refractivity contribution in [2.75, 3.05) is 0 Å². The molecule has 0 saturated carbocycles. The molecule has 0 saturated heterocycles. The van der Waals surface area contributed by atoms with Crippen molar-refractivity contribution < 1.29 is 17.9 Å². The van der Waals surface area contributed by atoms with Gasteiger partial charge in [0, 0.05) is 0 Å². The first-order valence-electron chi connectivity index (χ1n) is 7.31. The van der Waals surface area contributed by atoms with Crippen molar-refractivity contribution in [3.8, 4) is 11.1 Å². The van der Waals surface area contributed by atoms with Crippen molar-refractivity contribution >= 4 is 20.3 Å². The predicted molar refractivity (Wildman–Crippen MR) is 91.5 cm³/mol. The van der Waals surface area contributed by atoms with Gasteiger partial charge in [0.1, 0.15) is 0 Å². The van der Waals surface area contributed by atoms with Gasteiger partial charge in [-0.05, 0) is 0 Å². The molecule has 4 rings (SSSR count). The first kappa shape index (κ1) is 14.7. The summed E-state index contributed by atoms with van der Waals surface area (Å²) in [4.78, 5) is 0. The van der Waals surface area contributed by atoms with Gasteiger partial charge in [-0.15, -0.1) is 0 Å². The van der Waals surface area contributed by atoms with Gasteiger partial charge < -0.3 is 0 Å². The number of halogens is 2. The van der Waals surface area contributed by atoms with E-state index in [9.17, 15) is 0 Å².